The molecule has 9 heteroatoms. The van der Waals surface area contributed by atoms with Gasteiger partial charge in [0.05, 0.1) is 11.3 Å². The van der Waals surface area contributed by atoms with Crippen LogP contribution in [0.2, 0.25) is 0 Å². The Kier molecular flexibility index (Phi) is 2.76. The third kappa shape index (κ3) is 1.79. The van der Waals surface area contributed by atoms with Crippen LogP contribution >= 0.6 is 0 Å². The number of fused-ring (bicyclic) bond motifs is 7. The van der Waals surface area contributed by atoms with Gasteiger partial charge in [-0.1, -0.05) is 0 Å². The summed E-state index contributed by atoms with van der Waals surface area (Å²) in [5.41, 5.74) is -0.242. The van der Waals surface area contributed by atoms with Gasteiger partial charge in [-0.25, -0.2) is 21.8 Å². The van der Waals surface area contributed by atoms with Gasteiger partial charge in [0.25, 0.3) is 11.8 Å². The number of benzene rings is 1. The molecule has 1 saturated carbocycles. The molecule has 1 heterocycles. The average molecular weight is 338 g/mol. The third-order valence-electron chi connectivity index (χ3n) is 4.24. The first-order valence-corrected chi connectivity index (χ1v) is 7.63. The molecule has 1 aliphatic heterocycles. The maximum absolute atomic E-state index is 13.8. The first kappa shape index (κ1) is 14.4. The molecule has 0 spiro atoms. The second-order valence-corrected chi connectivity index (χ2v) is 6.77. The van der Waals surface area contributed by atoms with E-state index >= 15 is 0 Å². The fourth-order valence-corrected chi connectivity index (χ4v) is 4.20. The monoisotopic (exact) mass is 338 g/mol. The van der Waals surface area contributed by atoms with Gasteiger partial charge < -0.3 is 9.84 Å². The van der Waals surface area contributed by atoms with Gasteiger partial charge in [0.1, 0.15) is 18.0 Å². The molecule has 4 rings (SSSR count). The highest BCUT2D eigenvalue weighted by Crippen LogP contribution is 2.52. The van der Waals surface area contributed by atoms with Gasteiger partial charge in [0.2, 0.25) is 0 Å². The lowest BCUT2D eigenvalue weighted by molar-refractivity contribution is -0.216. The third-order valence-corrected chi connectivity index (χ3v) is 5.33. The van der Waals surface area contributed by atoms with Crippen molar-refractivity contribution in [3.05, 3.63) is 23.3 Å². The summed E-state index contributed by atoms with van der Waals surface area (Å²) >= 11 is -2.39. The van der Waals surface area contributed by atoms with Crippen LogP contribution in [0.3, 0.4) is 0 Å². The lowest BCUT2D eigenvalue weighted by atomic mass is 9.87. The van der Waals surface area contributed by atoms with Gasteiger partial charge in [0.15, 0.2) is 17.2 Å². The molecular weight excluding hydrogens is 328 g/mol. The summed E-state index contributed by atoms with van der Waals surface area (Å²) in [6, 6.07) is 2.51. The molecule has 1 aromatic rings. The highest BCUT2D eigenvalue weighted by Gasteiger charge is 2.61. The van der Waals surface area contributed by atoms with Crippen LogP contribution in [0.1, 0.15) is 23.7 Å². The molecular formula is C13H10F4O4S. The summed E-state index contributed by atoms with van der Waals surface area (Å²) in [5.74, 6) is -6.61. The van der Waals surface area contributed by atoms with Crippen molar-refractivity contribution in [2.45, 2.75) is 47.9 Å². The van der Waals surface area contributed by atoms with Crippen LogP contribution in [0.15, 0.2) is 17.0 Å². The molecule has 0 radical (unpaired) electrons. The highest BCUT2D eigenvalue weighted by atomic mass is 32.2. The van der Waals surface area contributed by atoms with Crippen molar-refractivity contribution in [1.29, 1.82) is 0 Å². The Hall–Kier alpha value is -1.19. The quantitative estimate of drug-likeness (QED) is 0.736. The maximum Gasteiger partial charge on any atom is 0.282 e. The molecule has 1 fully saturated rings. The van der Waals surface area contributed by atoms with Crippen molar-refractivity contribution in [1.82, 2.24) is 0 Å². The van der Waals surface area contributed by atoms with E-state index in [4.69, 9.17) is 8.92 Å². The molecule has 4 atom stereocenters. The molecule has 3 aliphatic rings. The number of aliphatic hydroxyl groups is 1. The van der Waals surface area contributed by atoms with Gasteiger partial charge in [-0.2, -0.15) is 0 Å². The molecule has 2 aliphatic carbocycles. The zero-order chi connectivity index (χ0) is 15.9. The summed E-state index contributed by atoms with van der Waals surface area (Å²) in [6.45, 7) is 0. The fourth-order valence-electron chi connectivity index (χ4n) is 3.05. The summed E-state index contributed by atoms with van der Waals surface area (Å²) in [5, 5.41) is 9.78. The zero-order valence-corrected chi connectivity index (χ0v) is 11.7. The van der Waals surface area contributed by atoms with Crippen LogP contribution in [0.5, 0.6) is 5.75 Å². The largest absolute Gasteiger partial charge is 0.487 e. The molecule has 0 aromatic heterocycles. The van der Waals surface area contributed by atoms with Crippen LogP contribution in [0.25, 0.3) is 0 Å². The molecule has 3 unspecified atom stereocenters. The molecule has 0 saturated heterocycles. The first-order valence-electron chi connectivity index (χ1n) is 6.56. The van der Waals surface area contributed by atoms with Gasteiger partial charge in [-0.15, -0.1) is 0 Å². The Bertz CT molecular complexity index is 693. The van der Waals surface area contributed by atoms with E-state index in [2.05, 4.69) is 0 Å². The van der Waals surface area contributed by atoms with Crippen LogP contribution in [-0.4, -0.2) is 33.4 Å². The maximum atomic E-state index is 13.8. The smallest absolute Gasteiger partial charge is 0.282 e. The van der Waals surface area contributed by atoms with Crippen molar-refractivity contribution in [3.63, 3.8) is 0 Å². The Labute approximate surface area is 124 Å². The number of rotatable bonds is 0. The van der Waals surface area contributed by atoms with Crippen LogP contribution < -0.4 is 4.74 Å². The molecule has 1 aromatic carbocycles. The van der Waals surface area contributed by atoms with E-state index in [1.807, 2.05) is 0 Å². The minimum absolute atomic E-state index is 0.00261. The highest BCUT2D eigenvalue weighted by molar-refractivity contribution is 7.80. The number of alkyl halides is 4. The van der Waals surface area contributed by atoms with Crippen molar-refractivity contribution in [2.24, 2.45) is 0 Å². The first-order chi connectivity index (χ1) is 10.2. The minimum Gasteiger partial charge on any atom is -0.487 e. The lowest BCUT2D eigenvalue weighted by Gasteiger charge is -2.42. The molecule has 4 nitrogen and oxygen atoms in total. The van der Waals surface area contributed by atoms with E-state index in [1.165, 1.54) is 12.1 Å². The summed E-state index contributed by atoms with van der Waals surface area (Å²) in [6.07, 6.45) is -6.35. The number of hydrogen-bond acceptors (Lipinski definition) is 4. The Morgan fingerprint density at radius 3 is 2.64 bits per heavy atom. The van der Waals surface area contributed by atoms with E-state index in [0.717, 1.165) is 0 Å². The zero-order valence-electron chi connectivity index (χ0n) is 10.9. The number of ether oxygens (including phenoxy) is 1. The Balaban J connectivity index is 1.85. The van der Waals surface area contributed by atoms with Crippen LogP contribution in [0.4, 0.5) is 17.6 Å². The summed E-state index contributed by atoms with van der Waals surface area (Å²) in [7, 11) is 0. The molecule has 1 N–H and O–H groups in total. The predicted molar refractivity (Wildman–Crippen MR) is 65.3 cm³/mol. The number of hydrogen-bond donors (Lipinski definition) is 1. The molecule has 22 heavy (non-hydrogen) atoms. The van der Waals surface area contributed by atoms with Gasteiger partial charge in [-0.05, 0) is 12.1 Å². The van der Waals surface area contributed by atoms with Crippen molar-refractivity contribution in [2.75, 3.05) is 0 Å². The van der Waals surface area contributed by atoms with E-state index < -0.39 is 54.1 Å². The molecule has 0 amide bonds. The Morgan fingerprint density at radius 2 is 1.95 bits per heavy atom. The van der Waals surface area contributed by atoms with Crippen LogP contribution in [-0.2, 0) is 21.7 Å². The summed E-state index contributed by atoms with van der Waals surface area (Å²) in [4.78, 5) is -0.213. The standard InChI is InChI=1S/C13H10F4O4S/c14-12(15)3-5-6-1-2-8(9(5)10(12)18)22(19)21-11-7(20-6)4-13(11,16)17/h1-2,7,10-11,18H,3-4H2/t7?,10-,11?,22?/m0/s1. The van der Waals surface area contributed by atoms with Gasteiger partial charge in [-0.3, -0.25) is 4.18 Å². The molecule has 120 valence electrons. The second-order valence-electron chi connectivity index (χ2n) is 5.67. The predicted octanol–water partition coefficient (Wildman–Crippen LogP) is 2.12. The normalized spacial score (nSPS) is 37.1. The minimum atomic E-state index is -3.43. The SMILES string of the molecule is O=S1OC2C(CC2(F)F)Oc2ccc1c1c2CC(F)(F)[C@H]1O. The van der Waals surface area contributed by atoms with Crippen molar-refractivity contribution >= 4 is 11.1 Å². The van der Waals surface area contributed by atoms with Crippen molar-refractivity contribution < 1.29 is 35.8 Å². The number of aliphatic hydroxyl groups excluding tert-OH is 1. The fraction of sp³-hybridized carbons (Fsp3) is 0.538. The van der Waals surface area contributed by atoms with Crippen molar-refractivity contribution in [3.8, 4) is 5.75 Å². The van der Waals surface area contributed by atoms with Crippen LogP contribution in [0, 0.1) is 0 Å². The van der Waals surface area contributed by atoms with E-state index in [9.17, 15) is 26.9 Å². The average Bonchev–Trinajstić information content (AvgIpc) is 2.70. The van der Waals surface area contributed by atoms with Gasteiger partial charge in [0, 0.05) is 17.5 Å². The summed E-state index contributed by atoms with van der Waals surface area (Å²) < 4.78 is 76.9. The van der Waals surface area contributed by atoms with E-state index in [0.29, 0.717) is 0 Å². The topological polar surface area (TPSA) is 55.8 Å². The van der Waals surface area contributed by atoms with E-state index in [-0.39, 0.29) is 21.8 Å². The Morgan fingerprint density at radius 1 is 1.23 bits per heavy atom. The lowest BCUT2D eigenvalue weighted by Crippen LogP contribution is -2.60. The van der Waals surface area contributed by atoms with Gasteiger partial charge >= 0.3 is 0 Å². The molecule has 2 bridgehead atoms. The van der Waals surface area contributed by atoms with E-state index in [1.54, 1.807) is 0 Å². The second kappa shape index (κ2) is 4.21. The number of halogens is 4.